The molecule has 2 heterocycles. The molecule has 2 aromatic heterocycles. The monoisotopic (exact) mass is 215 g/mol. The van der Waals surface area contributed by atoms with E-state index < -0.39 is 0 Å². The Kier molecular flexibility index (Phi) is 1.89. The van der Waals surface area contributed by atoms with Gasteiger partial charge in [-0.1, -0.05) is 19.9 Å². The molecule has 84 valence electrons. The van der Waals surface area contributed by atoms with E-state index in [0.29, 0.717) is 17.3 Å². The van der Waals surface area contributed by atoms with E-state index in [4.69, 9.17) is 5.73 Å². The molecule has 3 heteroatoms. The number of aromatic nitrogens is 2. The van der Waals surface area contributed by atoms with Crippen LogP contribution in [-0.2, 0) is 0 Å². The van der Waals surface area contributed by atoms with Gasteiger partial charge in [-0.25, -0.2) is 4.98 Å². The van der Waals surface area contributed by atoms with Crippen LogP contribution in [0.25, 0.3) is 5.65 Å². The van der Waals surface area contributed by atoms with E-state index in [0.717, 1.165) is 12.2 Å². The minimum atomic E-state index is 0.312. The molecule has 0 saturated heterocycles. The molecule has 2 N–H and O–H groups in total. The van der Waals surface area contributed by atoms with Gasteiger partial charge in [0, 0.05) is 18.3 Å². The number of imidazole rings is 1. The van der Waals surface area contributed by atoms with Crippen molar-refractivity contribution in [2.45, 2.75) is 19.8 Å². The van der Waals surface area contributed by atoms with Crippen LogP contribution >= 0.6 is 0 Å². The number of pyridine rings is 1. The Bertz CT molecular complexity index is 494. The van der Waals surface area contributed by atoms with Crippen molar-refractivity contribution in [2.24, 2.45) is 17.1 Å². The molecule has 0 unspecified atom stereocenters. The van der Waals surface area contributed by atoms with Crippen LogP contribution in [0.3, 0.4) is 0 Å². The number of hydrogen-bond acceptors (Lipinski definition) is 2. The molecule has 3 nitrogen and oxygen atoms in total. The number of nitrogens with zero attached hydrogens (tertiary/aromatic N) is 2. The first-order chi connectivity index (χ1) is 7.64. The fourth-order valence-electron chi connectivity index (χ4n) is 2.88. The van der Waals surface area contributed by atoms with Gasteiger partial charge in [-0.3, -0.25) is 0 Å². The largest absolute Gasteiger partial charge is 0.330 e. The zero-order chi connectivity index (χ0) is 11.3. The second-order valence-electron chi connectivity index (χ2n) is 5.27. The lowest BCUT2D eigenvalue weighted by atomic mass is 10.1. The van der Waals surface area contributed by atoms with Crippen LogP contribution in [0.2, 0.25) is 0 Å². The van der Waals surface area contributed by atoms with Crippen molar-refractivity contribution in [1.82, 2.24) is 9.38 Å². The molecule has 16 heavy (non-hydrogen) atoms. The summed E-state index contributed by atoms with van der Waals surface area (Å²) in [6, 6.07) is 6.08. The summed E-state index contributed by atoms with van der Waals surface area (Å²) in [5.74, 6) is 1.11. The maximum absolute atomic E-state index is 5.80. The minimum absolute atomic E-state index is 0.312. The SMILES string of the molecule is CC1(C)[C@H](CN)[C@H]1c1cn2ccccc2n1. The van der Waals surface area contributed by atoms with Crippen molar-refractivity contribution in [1.29, 1.82) is 0 Å². The lowest BCUT2D eigenvalue weighted by molar-refractivity contribution is 0.557. The predicted octanol–water partition coefficient (Wildman–Crippen LogP) is 2.03. The Morgan fingerprint density at radius 1 is 1.44 bits per heavy atom. The van der Waals surface area contributed by atoms with Crippen molar-refractivity contribution < 1.29 is 0 Å². The van der Waals surface area contributed by atoms with Crippen LogP contribution in [0.15, 0.2) is 30.6 Å². The molecule has 0 aliphatic heterocycles. The fraction of sp³-hybridized carbons (Fsp3) is 0.462. The molecular weight excluding hydrogens is 198 g/mol. The quantitative estimate of drug-likeness (QED) is 0.833. The molecule has 2 atom stereocenters. The summed E-state index contributed by atoms with van der Waals surface area (Å²) >= 11 is 0. The second kappa shape index (κ2) is 3.08. The average Bonchev–Trinajstić information content (AvgIpc) is 2.65. The highest BCUT2D eigenvalue weighted by atomic mass is 15.0. The van der Waals surface area contributed by atoms with Crippen molar-refractivity contribution >= 4 is 5.65 Å². The summed E-state index contributed by atoms with van der Waals surface area (Å²) in [6.07, 6.45) is 4.18. The van der Waals surface area contributed by atoms with Gasteiger partial charge < -0.3 is 10.1 Å². The summed E-state index contributed by atoms with van der Waals surface area (Å²) < 4.78 is 2.08. The molecule has 1 fully saturated rings. The third-order valence-electron chi connectivity index (χ3n) is 4.01. The van der Waals surface area contributed by atoms with Gasteiger partial charge in [-0.2, -0.15) is 0 Å². The van der Waals surface area contributed by atoms with Crippen LogP contribution in [0.4, 0.5) is 0 Å². The normalized spacial score (nSPS) is 27.2. The minimum Gasteiger partial charge on any atom is -0.330 e. The third kappa shape index (κ3) is 1.21. The molecule has 1 aliphatic carbocycles. The van der Waals surface area contributed by atoms with E-state index in [2.05, 4.69) is 29.4 Å². The number of rotatable bonds is 2. The summed E-state index contributed by atoms with van der Waals surface area (Å²) in [7, 11) is 0. The third-order valence-corrected chi connectivity index (χ3v) is 4.01. The van der Waals surface area contributed by atoms with Gasteiger partial charge in [0.05, 0.1) is 5.69 Å². The first-order valence-electron chi connectivity index (χ1n) is 5.78. The molecule has 0 radical (unpaired) electrons. The van der Waals surface area contributed by atoms with Crippen LogP contribution < -0.4 is 5.73 Å². The van der Waals surface area contributed by atoms with Crippen molar-refractivity contribution in [2.75, 3.05) is 6.54 Å². The molecular formula is C13H17N3. The van der Waals surface area contributed by atoms with Crippen LogP contribution in [0.5, 0.6) is 0 Å². The number of fused-ring (bicyclic) bond motifs is 1. The highest BCUT2D eigenvalue weighted by Gasteiger charge is 2.58. The Morgan fingerprint density at radius 3 is 2.88 bits per heavy atom. The Balaban J connectivity index is 2.02. The van der Waals surface area contributed by atoms with E-state index >= 15 is 0 Å². The molecule has 1 saturated carbocycles. The fourth-order valence-corrected chi connectivity index (χ4v) is 2.88. The molecule has 2 aromatic rings. The van der Waals surface area contributed by atoms with Crippen LogP contribution in [-0.4, -0.2) is 15.9 Å². The Morgan fingerprint density at radius 2 is 2.25 bits per heavy atom. The van der Waals surface area contributed by atoms with Gasteiger partial charge in [-0.15, -0.1) is 0 Å². The van der Waals surface area contributed by atoms with E-state index in [-0.39, 0.29) is 0 Å². The molecule has 0 spiro atoms. The predicted molar refractivity (Wildman–Crippen MR) is 64.3 cm³/mol. The Hall–Kier alpha value is -1.35. The molecule has 0 amide bonds. The topological polar surface area (TPSA) is 43.3 Å². The van der Waals surface area contributed by atoms with Gasteiger partial charge >= 0.3 is 0 Å². The first kappa shape index (κ1) is 9.85. The van der Waals surface area contributed by atoms with Crippen LogP contribution in [0.1, 0.15) is 25.5 Å². The van der Waals surface area contributed by atoms with Gasteiger partial charge in [0.25, 0.3) is 0 Å². The van der Waals surface area contributed by atoms with Crippen LogP contribution in [0, 0.1) is 11.3 Å². The lowest BCUT2D eigenvalue weighted by Crippen LogP contribution is -2.05. The summed E-state index contributed by atoms with van der Waals surface area (Å²) in [5, 5.41) is 0. The zero-order valence-corrected chi connectivity index (χ0v) is 9.72. The van der Waals surface area contributed by atoms with Crippen molar-refractivity contribution in [3.05, 3.63) is 36.3 Å². The smallest absolute Gasteiger partial charge is 0.136 e. The Labute approximate surface area is 95.3 Å². The highest BCUT2D eigenvalue weighted by Crippen LogP contribution is 2.63. The van der Waals surface area contributed by atoms with Crippen molar-refractivity contribution in [3.63, 3.8) is 0 Å². The summed E-state index contributed by atoms with van der Waals surface area (Å²) in [5.41, 5.74) is 8.32. The summed E-state index contributed by atoms with van der Waals surface area (Å²) in [6.45, 7) is 5.31. The maximum Gasteiger partial charge on any atom is 0.136 e. The van der Waals surface area contributed by atoms with Gasteiger partial charge in [0.1, 0.15) is 5.65 Å². The standard InChI is InChI=1S/C13H17N3/c1-13(2)9(7-14)12(13)10-8-16-6-4-3-5-11(16)15-10/h3-6,8-9,12H,7,14H2,1-2H3/t9-,12+/m1/s1. The van der Waals surface area contributed by atoms with E-state index in [1.54, 1.807) is 0 Å². The second-order valence-corrected chi connectivity index (χ2v) is 5.27. The van der Waals surface area contributed by atoms with E-state index in [1.165, 1.54) is 5.69 Å². The summed E-state index contributed by atoms with van der Waals surface area (Å²) in [4.78, 5) is 4.68. The van der Waals surface area contributed by atoms with E-state index in [1.807, 2.05) is 24.4 Å². The average molecular weight is 215 g/mol. The zero-order valence-electron chi connectivity index (χ0n) is 9.72. The van der Waals surface area contributed by atoms with Gasteiger partial charge in [-0.05, 0) is 30.0 Å². The van der Waals surface area contributed by atoms with Gasteiger partial charge in [0.2, 0.25) is 0 Å². The number of nitrogens with two attached hydrogens (primary N) is 1. The molecule has 0 bridgehead atoms. The molecule has 0 aromatic carbocycles. The highest BCUT2D eigenvalue weighted by molar-refractivity contribution is 5.42. The van der Waals surface area contributed by atoms with E-state index in [9.17, 15) is 0 Å². The number of hydrogen-bond donors (Lipinski definition) is 1. The van der Waals surface area contributed by atoms with Gasteiger partial charge in [0.15, 0.2) is 0 Å². The van der Waals surface area contributed by atoms with Crippen molar-refractivity contribution in [3.8, 4) is 0 Å². The lowest BCUT2D eigenvalue weighted by Gasteiger charge is -1.98. The molecule has 3 rings (SSSR count). The molecule has 1 aliphatic rings. The maximum atomic E-state index is 5.80. The first-order valence-corrected chi connectivity index (χ1v) is 5.78.